The second kappa shape index (κ2) is 8.96. The van der Waals surface area contributed by atoms with Gasteiger partial charge in [0.25, 0.3) is 0 Å². The van der Waals surface area contributed by atoms with E-state index >= 15 is 0 Å². The maximum atomic E-state index is 13.6. The lowest BCUT2D eigenvalue weighted by Gasteiger charge is -2.43. The summed E-state index contributed by atoms with van der Waals surface area (Å²) in [6, 6.07) is 6.47. The van der Waals surface area contributed by atoms with E-state index < -0.39 is 17.5 Å². The maximum absolute atomic E-state index is 13.6. The molecule has 0 N–H and O–H groups in total. The third kappa shape index (κ3) is 4.03. The van der Waals surface area contributed by atoms with Crippen LogP contribution in [0, 0.1) is 24.4 Å². The van der Waals surface area contributed by atoms with Gasteiger partial charge >= 0.3 is 0 Å². The Kier molecular flexibility index (Phi) is 5.96. The van der Waals surface area contributed by atoms with Gasteiger partial charge in [0.15, 0.2) is 23.7 Å². The number of carbonyl (C=O) groups is 1. The van der Waals surface area contributed by atoms with Crippen LogP contribution >= 0.6 is 0 Å². The summed E-state index contributed by atoms with van der Waals surface area (Å²) in [6.07, 6.45) is 8.54. The topological polar surface area (TPSA) is 55.4 Å². The molecule has 2 unspecified atom stereocenters. The van der Waals surface area contributed by atoms with Gasteiger partial charge in [-0.3, -0.25) is 14.4 Å². The van der Waals surface area contributed by atoms with Crippen molar-refractivity contribution in [2.24, 2.45) is 7.05 Å². The number of aromatic nitrogens is 4. The van der Waals surface area contributed by atoms with Crippen molar-refractivity contribution >= 4 is 11.8 Å². The fraction of sp³-hybridized carbons (Fsp3) is 0.346. The van der Waals surface area contributed by atoms with Gasteiger partial charge in [0.1, 0.15) is 5.82 Å². The lowest BCUT2D eigenvalue weighted by Crippen LogP contribution is -2.44. The van der Waals surface area contributed by atoms with Gasteiger partial charge in [-0.05, 0) is 63.9 Å². The molecule has 3 aromatic heterocycles. The fourth-order valence-corrected chi connectivity index (χ4v) is 5.34. The van der Waals surface area contributed by atoms with Crippen LogP contribution in [0.1, 0.15) is 52.7 Å². The summed E-state index contributed by atoms with van der Waals surface area (Å²) in [5.74, 6) is -2.86. The summed E-state index contributed by atoms with van der Waals surface area (Å²) in [5, 5.41) is 4.62. The Hall–Kier alpha value is -3.46. The van der Waals surface area contributed by atoms with Crippen LogP contribution in [0.3, 0.4) is 0 Å². The molecular formula is C26H26F3N5O. The Balaban J connectivity index is 0.000000178. The Morgan fingerprint density at radius 1 is 1.09 bits per heavy atom. The minimum atomic E-state index is -1.43. The molecule has 35 heavy (non-hydrogen) atoms. The highest BCUT2D eigenvalue weighted by molar-refractivity contribution is 5.75. The number of nitrogens with zero attached hydrogens (tertiary/aromatic N) is 5. The molecule has 6 nitrogen and oxygen atoms in total. The molecule has 2 aliphatic heterocycles. The van der Waals surface area contributed by atoms with E-state index in [0.29, 0.717) is 22.9 Å². The van der Waals surface area contributed by atoms with Gasteiger partial charge in [0, 0.05) is 36.0 Å². The van der Waals surface area contributed by atoms with E-state index in [4.69, 9.17) is 0 Å². The van der Waals surface area contributed by atoms with E-state index in [1.54, 1.807) is 30.2 Å². The highest BCUT2D eigenvalue weighted by Crippen LogP contribution is 2.43. The summed E-state index contributed by atoms with van der Waals surface area (Å²) < 4.78 is 44.1. The van der Waals surface area contributed by atoms with Crippen LogP contribution in [0.4, 0.5) is 13.2 Å². The average Bonchev–Trinajstić information content (AvgIpc) is 3.36. The molecule has 2 atom stereocenters. The van der Waals surface area contributed by atoms with Crippen LogP contribution < -0.4 is 0 Å². The molecule has 0 spiro atoms. The number of imidazole rings is 1. The van der Waals surface area contributed by atoms with Gasteiger partial charge in [0.2, 0.25) is 0 Å². The van der Waals surface area contributed by atoms with Crippen molar-refractivity contribution in [2.75, 3.05) is 7.05 Å². The predicted octanol–water partition coefficient (Wildman–Crippen LogP) is 5.04. The van der Waals surface area contributed by atoms with Gasteiger partial charge in [-0.2, -0.15) is 5.10 Å². The normalized spacial score (nSPS) is 19.3. The van der Waals surface area contributed by atoms with Crippen LogP contribution in [0.2, 0.25) is 0 Å². The summed E-state index contributed by atoms with van der Waals surface area (Å²) in [7, 11) is 3.89. The average molecular weight is 482 g/mol. The lowest BCUT2D eigenvalue weighted by molar-refractivity contribution is 0.0972. The van der Waals surface area contributed by atoms with Crippen LogP contribution in [0.15, 0.2) is 36.7 Å². The summed E-state index contributed by atoms with van der Waals surface area (Å²) in [5.41, 5.74) is 4.77. The highest BCUT2D eigenvalue weighted by atomic mass is 19.2. The molecule has 0 amide bonds. The van der Waals surface area contributed by atoms with Crippen molar-refractivity contribution in [3.63, 3.8) is 0 Å². The molecular weight excluding hydrogens is 455 g/mol. The number of piperidine rings is 1. The quantitative estimate of drug-likeness (QED) is 0.297. The van der Waals surface area contributed by atoms with E-state index in [1.807, 2.05) is 17.4 Å². The Morgan fingerprint density at radius 3 is 2.54 bits per heavy atom. The molecule has 2 aliphatic rings. The molecule has 1 saturated heterocycles. The van der Waals surface area contributed by atoms with Gasteiger partial charge < -0.3 is 4.40 Å². The van der Waals surface area contributed by atoms with E-state index in [0.717, 1.165) is 60.3 Å². The van der Waals surface area contributed by atoms with E-state index in [1.165, 1.54) is 6.42 Å². The number of likely N-dealkylation sites (N-methyl/N-ethyl adjacent to an activating group) is 1. The van der Waals surface area contributed by atoms with Gasteiger partial charge in [0.05, 0.1) is 29.1 Å². The number of rotatable bonds is 2. The first-order valence-electron chi connectivity index (χ1n) is 11.6. The molecule has 0 radical (unpaired) electrons. The molecule has 4 aromatic rings. The van der Waals surface area contributed by atoms with Crippen molar-refractivity contribution < 1.29 is 18.0 Å². The van der Waals surface area contributed by atoms with Gasteiger partial charge in [-0.25, -0.2) is 18.2 Å². The standard InChI is InChI=1S/C17H18F3N3.C9H8N2O/c1-22-10-4-3-5-14(22)16-11(8-10)17(23(2)21-16)9-6-12(18)15(20)13(19)7-9;1-7-10-4-9-3-2-8(6-12)5-11(7)9/h6-7,10,14H,3-5,8H2,1-2H3;2-6H,1H3. The summed E-state index contributed by atoms with van der Waals surface area (Å²) in [6.45, 7) is 1.90. The predicted molar refractivity (Wildman–Crippen MR) is 126 cm³/mol. The fourth-order valence-electron chi connectivity index (χ4n) is 5.34. The largest absolute Gasteiger partial charge is 0.303 e. The molecule has 1 fully saturated rings. The number of fused-ring (bicyclic) bond motifs is 5. The van der Waals surface area contributed by atoms with Gasteiger partial charge in [-0.1, -0.05) is 0 Å². The summed E-state index contributed by atoms with van der Waals surface area (Å²) >= 11 is 0. The zero-order chi connectivity index (χ0) is 24.9. The van der Waals surface area contributed by atoms with Crippen molar-refractivity contribution in [3.05, 3.63) is 76.8 Å². The van der Waals surface area contributed by atoms with Crippen LogP contribution in [-0.4, -0.2) is 43.4 Å². The third-order valence-electron chi connectivity index (χ3n) is 7.14. The molecule has 0 aliphatic carbocycles. The molecule has 2 bridgehead atoms. The van der Waals surface area contributed by atoms with E-state index in [-0.39, 0.29) is 6.04 Å². The highest BCUT2D eigenvalue weighted by Gasteiger charge is 2.39. The molecule has 5 heterocycles. The zero-order valence-corrected chi connectivity index (χ0v) is 19.8. The number of pyridine rings is 1. The van der Waals surface area contributed by atoms with Crippen LogP contribution in [0.5, 0.6) is 0 Å². The van der Waals surface area contributed by atoms with Crippen molar-refractivity contribution in [2.45, 2.75) is 44.7 Å². The van der Waals surface area contributed by atoms with E-state index in [2.05, 4.69) is 22.0 Å². The first-order chi connectivity index (χ1) is 16.8. The molecule has 1 aromatic carbocycles. The molecule has 9 heteroatoms. The Bertz CT molecular complexity index is 1400. The van der Waals surface area contributed by atoms with Gasteiger partial charge in [-0.15, -0.1) is 0 Å². The number of aldehydes is 1. The number of hydrogen-bond acceptors (Lipinski definition) is 4. The minimum absolute atomic E-state index is 0.257. The zero-order valence-electron chi connectivity index (χ0n) is 19.8. The van der Waals surface area contributed by atoms with Crippen molar-refractivity contribution in [1.82, 2.24) is 24.1 Å². The number of benzene rings is 1. The molecule has 0 saturated carbocycles. The lowest BCUT2D eigenvalue weighted by atomic mass is 9.82. The first-order valence-corrected chi connectivity index (χ1v) is 11.6. The number of halogens is 3. The summed E-state index contributed by atoms with van der Waals surface area (Å²) in [4.78, 5) is 16.9. The second-order valence-corrected chi connectivity index (χ2v) is 9.24. The molecule has 6 rings (SSSR count). The minimum Gasteiger partial charge on any atom is -0.303 e. The van der Waals surface area contributed by atoms with E-state index in [9.17, 15) is 18.0 Å². The van der Waals surface area contributed by atoms with Crippen molar-refractivity contribution in [1.29, 1.82) is 0 Å². The Labute approximate surface area is 201 Å². The number of carbonyl (C=O) groups excluding carboxylic acids is 1. The second-order valence-electron chi connectivity index (χ2n) is 9.24. The maximum Gasteiger partial charge on any atom is 0.194 e. The first kappa shape index (κ1) is 23.3. The Morgan fingerprint density at radius 2 is 1.83 bits per heavy atom. The SMILES string of the molecule is CN1C2CCCC1c1nn(C)c(-c3cc(F)c(F)c(F)c3)c1C2.Cc1ncc2ccc(C=O)cn12. The monoisotopic (exact) mass is 481 g/mol. The van der Waals surface area contributed by atoms with Crippen LogP contribution in [-0.2, 0) is 13.5 Å². The smallest absolute Gasteiger partial charge is 0.194 e. The van der Waals surface area contributed by atoms with Crippen molar-refractivity contribution in [3.8, 4) is 11.3 Å². The third-order valence-corrected chi connectivity index (χ3v) is 7.14. The number of aryl methyl sites for hydroxylation is 2. The molecule has 182 valence electrons. The number of hydrogen-bond donors (Lipinski definition) is 0. The van der Waals surface area contributed by atoms with Crippen LogP contribution in [0.25, 0.3) is 16.8 Å².